The normalized spacial score (nSPS) is 17.3. The highest BCUT2D eigenvalue weighted by molar-refractivity contribution is 6.74. The first kappa shape index (κ1) is 19.4. The van der Waals surface area contributed by atoms with Crippen LogP contribution < -0.4 is 0 Å². The molecule has 1 aliphatic heterocycles. The van der Waals surface area contributed by atoms with Crippen molar-refractivity contribution in [2.24, 2.45) is 0 Å². The average Bonchev–Trinajstić information content (AvgIpc) is 2.62. The van der Waals surface area contributed by atoms with E-state index >= 15 is 0 Å². The first-order valence-corrected chi connectivity index (χ1v) is 11.8. The lowest BCUT2D eigenvalue weighted by Crippen LogP contribution is -2.43. The Labute approximate surface area is 151 Å². The third kappa shape index (κ3) is 3.53. The van der Waals surface area contributed by atoms with E-state index < -0.39 is 13.9 Å². The van der Waals surface area contributed by atoms with E-state index in [1.165, 1.54) is 0 Å². The van der Waals surface area contributed by atoms with Gasteiger partial charge in [-0.2, -0.15) is 0 Å². The Morgan fingerprint density at radius 2 is 1.92 bits per heavy atom. The van der Waals surface area contributed by atoms with Gasteiger partial charge in [-0.25, -0.2) is 4.98 Å². The van der Waals surface area contributed by atoms with E-state index in [9.17, 15) is 4.79 Å². The molecule has 6 heteroatoms. The molecule has 134 valence electrons. The van der Waals surface area contributed by atoms with Gasteiger partial charge in [0.1, 0.15) is 5.15 Å². The maximum Gasteiger partial charge on any atom is 0.256 e. The lowest BCUT2D eigenvalue weighted by Gasteiger charge is -2.37. The Morgan fingerprint density at radius 1 is 1.29 bits per heavy atom. The minimum atomic E-state index is -1.74. The Morgan fingerprint density at radius 3 is 2.50 bits per heavy atom. The van der Waals surface area contributed by atoms with Gasteiger partial charge in [-0.3, -0.25) is 4.79 Å². The third-order valence-corrected chi connectivity index (χ3v) is 10.1. The Kier molecular flexibility index (Phi) is 5.20. The summed E-state index contributed by atoms with van der Waals surface area (Å²) >= 11 is 6.01. The summed E-state index contributed by atoms with van der Waals surface area (Å²) in [5.41, 5.74) is 0.994. The Bertz CT molecular complexity index is 638. The number of carbonyl (C=O) groups excluding carboxylic acids is 1. The molecule has 0 spiro atoms. The van der Waals surface area contributed by atoms with Gasteiger partial charge >= 0.3 is 0 Å². The van der Waals surface area contributed by atoms with Crippen LogP contribution in [0.25, 0.3) is 0 Å². The largest absolute Gasteiger partial charge is 0.417 e. The molecule has 0 radical (unpaired) electrons. The molecule has 0 fully saturated rings. The molecule has 1 amide bonds. The third-order valence-electron chi connectivity index (χ3n) is 5.39. The van der Waals surface area contributed by atoms with Crippen molar-refractivity contribution in [2.45, 2.75) is 64.7 Å². The minimum absolute atomic E-state index is 0.0338. The van der Waals surface area contributed by atoms with E-state index in [-0.39, 0.29) is 10.9 Å². The highest BCUT2D eigenvalue weighted by atomic mass is 35.5. The molecule has 0 saturated carbocycles. The lowest BCUT2D eigenvalue weighted by atomic mass is 9.99. The summed E-state index contributed by atoms with van der Waals surface area (Å²) in [6.45, 7) is 16.6. The van der Waals surface area contributed by atoms with E-state index in [4.69, 9.17) is 16.0 Å². The van der Waals surface area contributed by atoms with Gasteiger partial charge in [0.15, 0.2) is 8.32 Å². The van der Waals surface area contributed by atoms with Crippen molar-refractivity contribution >= 4 is 25.8 Å². The summed E-state index contributed by atoms with van der Waals surface area (Å²) < 4.78 is 6.22. The summed E-state index contributed by atoms with van der Waals surface area (Å²) in [5.74, 6) is 0.0338. The molecule has 1 aromatic heterocycles. The van der Waals surface area contributed by atoms with Crippen LogP contribution in [0.3, 0.4) is 0 Å². The van der Waals surface area contributed by atoms with Crippen LogP contribution in [0.1, 0.15) is 57.1 Å². The number of pyridine rings is 1. The number of fused-ring (bicyclic) bond motifs is 1. The molecule has 2 rings (SSSR count). The van der Waals surface area contributed by atoms with E-state index in [0.717, 1.165) is 12.1 Å². The second-order valence-corrected chi connectivity index (χ2v) is 13.7. The first-order chi connectivity index (χ1) is 10.9. The van der Waals surface area contributed by atoms with Crippen molar-refractivity contribution in [3.63, 3.8) is 0 Å². The van der Waals surface area contributed by atoms with Gasteiger partial charge < -0.3 is 9.33 Å². The smallest absolute Gasteiger partial charge is 0.256 e. The molecule has 0 aliphatic carbocycles. The van der Waals surface area contributed by atoms with Gasteiger partial charge in [0.25, 0.3) is 5.91 Å². The quantitative estimate of drug-likeness (QED) is 0.424. The van der Waals surface area contributed by atoms with Crippen LogP contribution >= 0.6 is 11.6 Å². The molecule has 0 bridgehead atoms. The summed E-state index contributed by atoms with van der Waals surface area (Å²) in [6.07, 6.45) is 0.823. The number of carbonyl (C=O) groups is 1. The summed E-state index contributed by atoms with van der Waals surface area (Å²) in [6, 6.07) is 3.46. The van der Waals surface area contributed by atoms with E-state index in [1.54, 1.807) is 12.1 Å². The van der Waals surface area contributed by atoms with Gasteiger partial charge in [-0.15, -0.1) is 0 Å². The number of hydrogen-bond donors (Lipinski definition) is 0. The van der Waals surface area contributed by atoms with Gasteiger partial charge in [0, 0.05) is 13.2 Å². The zero-order valence-electron chi connectivity index (χ0n) is 15.9. The number of amides is 1. The number of nitrogens with zero attached hydrogens (tertiary/aromatic N) is 2. The maximum absolute atomic E-state index is 12.7. The summed E-state index contributed by atoms with van der Waals surface area (Å²) in [4.78, 5) is 19.0. The highest BCUT2D eigenvalue weighted by Crippen LogP contribution is 2.39. The van der Waals surface area contributed by atoms with E-state index in [2.05, 4.69) is 38.8 Å². The van der Waals surface area contributed by atoms with Crippen LogP contribution in [-0.2, 0) is 9.96 Å². The summed E-state index contributed by atoms with van der Waals surface area (Å²) in [7, 11) is -1.74. The fourth-order valence-corrected chi connectivity index (χ4v) is 3.98. The molecule has 0 atom stereocenters. The number of aromatic nitrogens is 1. The molecule has 0 unspecified atom stereocenters. The number of halogens is 1. The van der Waals surface area contributed by atoms with Crippen molar-refractivity contribution in [3.05, 3.63) is 28.5 Å². The van der Waals surface area contributed by atoms with Crippen LogP contribution in [0.15, 0.2) is 12.1 Å². The topological polar surface area (TPSA) is 42.4 Å². The fraction of sp³-hybridized carbons (Fsp3) is 0.667. The number of hydrogen-bond acceptors (Lipinski definition) is 3. The van der Waals surface area contributed by atoms with Crippen molar-refractivity contribution < 1.29 is 9.22 Å². The zero-order chi connectivity index (χ0) is 18.3. The Hall–Kier alpha value is -0.913. The zero-order valence-corrected chi connectivity index (χ0v) is 17.6. The second kappa shape index (κ2) is 6.43. The maximum atomic E-state index is 12.7. The van der Waals surface area contributed by atoms with Crippen LogP contribution in [0.2, 0.25) is 23.3 Å². The fourth-order valence-electron chi connectivity index (χ4n) is 2.75. The van der Waals surface area contributed by atoms with Gasteiger partial charge in [-0.1, -0.05) is 32.4 Å². The van der Waals surface area contributed by atoms with Crippen molar-refractivity contribution in [2.75, 3.05) is 13.2 Å². The lowest BCUT2D eigenvalue weighted by molar-refractivity contribution is 0.0597. The van der Waals surface area contributed by atoms with Crippen LogP contribution in [0.5, 0.6) is 0 Å². The van der Waals surface area contributed by atoms with Crippen molar-refractivity contribution in [1.29, 1.82) is 0 Å². The molecule has 0 aromatic carbocycles. The molecular formula is C18H29ClN2O2Si. The molecule has 4 nitrogen and oxygen atoms in total. The molecule has 1 aliphatic rings. The second-order valence-electron chi connectivity index (χ2n) is 8.51. The summed E-state index contributed by atoms with van der Waals surface area (Å²) in [5, 5.41) is 0.629. The van der Waals surface area contributed by atoms with Gasteiger partial charge in [0.2, 0.25) is 0 Å². The SMILES string of the molecule is CC1(C)c2nc(Cl)ccc2C(=O)N1CCCO[Si](C)(C)C(C)(C)C. The molecule has 0 saturated heterocycles. The Balaban J connectivity index is 2.01. The highest BCUT2D eigenvalue weighted by Gasteiger charge is 2.44. The molecule has 0 N–H and O–H groups in total. The van der Waals surface area contributed by atoms with Crippen molar-refractivity contribution in [1.82, 2.24) is 9.88 Å². The first-order valence-electron chi connectivity index (χ1n) is 8.51. The van der Waals surface area contributed by atoms with Gasteiger partial charge in [-0.05, 0) is 50.5 Å². The van der Waals surface area contributed by atoms with Crippen LogP contribution in [0, 0.1) is 0 Å². The predicted octanol–water partition coefficient (Wildman–Crippen LogP) is 4.84. The van der Waals surface area contributed by atoms with Crippen LogP contribution in [-0.4, -0.2) is 37.3 Å². The van der Waals surface area contributed by atoms with E-state index in [1.807, 2.05) is 18.7 Å². The molecule has 1 aromatic rings. The predicted molar refractivity (Wildman–Crippen MR) is 101 cm³/mol. The van der Waals surface area contributed by atoms with E-state index in [0.29, 0.717) is 23.9 Å². The van der Waals surface area contributed by atoms with Crippen molar-refractivity contribution in [3.8, 4) is 0 Å². The molecular weight excluding hydrogens is 340 g/mol. The van der Waals surface area contributed by atoms with Gasteiger partial charge in [0.05, 0.1) is 16.8 Å². The average molecular weight is 369 g/mol. The molecule has 2 heterocycles. The molecule has 24 heavy (non-hydrogen) atoms. The minimum Gasteiger partial charge on any atom is -0.417 e. The van der Waals surface area contributed by atoms with Crippen LogP contribution in [0.4, 0.5) is 0 Å². The monoisotopic (exact) mass is 368 g/mol. The number of rotatable bonds is 5. The standard InChI is InChI=1S/C18H29ClN2O2Si/c1-17(2,3)24(6,7)23-12-8-11-21-16(22)13-9-10-14(19)20-15(13)18(21,4)5/h9-10H,8,11-12H2,1-7H3.